The number of hydrogen-bond donors (Lipinski definition) is 2. The van der Waals surface area contributed by atoms with Crippen molar-refractivity contribution in [3.63, 3.8) is 0 Å². The Morgan fingerprint density at radius 1 is 1.58 bits per heavy atom. The molecular weight excluding hydrogens is 180 g/mol. The summed E-state index contributed by atoms with van der Waals surface area (Å²) in [6, 6.07) is -0.896. The zero-order valence-electron chi connectivity index (χ0n) is 6.20. The zero-order chi connectivity index (χ0) is 9.14. The average Bonchev–Trinajstić information content (AvgIpc) is 2.33. The van der Waals surface area contributed by atoms with E-state index in [1.165, 1.54) is 0 Å². The van der Waals surface area contributed by atoms with Gasteiger partial charge in [0.05, 0.1) is 4.88 Å². The number of carbonyl (C=O) groups is 2. The SMILES string of the molecule is Cc1snnc1C(=O)NC(N)=O. The number of rotatable bonds is 1. The molecule has 0 spiro atoms. The van der Waals surface area contributed by atoms with Crippen molar-refractivity contribution in [1.82, 2.24) is 14.9 Å². The molecule has 0 aliphatic carbocycles. The van der Waals surface area contributed by atoms with Crippen molar-refractivity contribution in [2.24, 2.45) is 5.73 Å². The van der Waals surface area contributed by atoms with Gasteiger partial charge in [0.15, 0.2) is 5.69 Å². The average molecular weight is 186 g/mol. The fourth-order valence-electron chi connectivity index (χ4n) is 0.613. The molecule has 3 N–H and O–H groups in total. The number of hydrogen-bond acceptors (Lipinski definition) is 5. The normalized spacial score (nSPS) is 9.42. The van der Waals surface area contributed by atoms with Crippen molar-refractivity contribution in [2.45, 2.75) is 6.92 Å². The van der Waals surface area contributed by atoms with Gasteiger partial charge in [-0.1, -0.05) is 4.49 Å². The highest BCUT2D eigenvalue weighted by Crippen LogP contribution is 2.06. The molecule has 0 aliphatic rings. The second kappa shape index (κ2) is 3.26. The van der Waals surface area contributed by atoms with Crippen LogP contribution in [0.3, 0.4) is 0 Å². The minimum absolute atomic E-state index is 0.138. The van der Waals surface area contributed by atoms with Gasteiger partial charge in [0, 0.05) is 0 Å². The van der Waals surface area contributed by atoms with Crippen LogP contribution in [0.1, 0.15) is 15.4 Å². The molecule has 0 fully saturated rings. The number of urea groups is 1. The van der Waals surface area contributed by atoms with Gasteiger partial charge < -0.3 is 5.73 Å². The number of imide groups is 1. The third kappa shape index (κ3) is 1.76. The predicted octanol–water partition coefficient (Wildman–Crippen LogP) is -0.345. The summed E-state index contributed by atoms with van der Waals surface area (Å²) in [6.45, 7) is 1.68. The van der Waals surface area contributed by atoms with E-state index in [1.54, 1.807) is 6.92 Å². The van der Waals surface area contributed by atoms with Crippen molar-refractivity contribution in [3.05, 3.63) is 10.6 Å². The van der Waals surface area contributed by atoms with Crippen molar-refractivity contribution < 1.29 is 9.59 Å². The van der Waals surface area contributed by atoms with E-state index < -0.39 is 11.9 Å². The first-order valence-corrected chi connectivity index (χ1v) is 3.78. The monoisotopic (exact) mass is 186 g/mol. The van der Waals surface area contributed by atoms with Gasteiger partial charge in [-0.2, -0.15) is 0 Å². The molecule has 3 amide bonds. The molecule has 0 unspecified atom stereocenters. The largest absolute Gasteiger partial charge is 0.351 e. The van der Waals surface area contributed by atoms with Crippen molar-refractivity contribution in [3.8, 4) is 0 Å². The summed E-state index contributed by atoms with van der Waals surface area (Å²) in [7, 11) is 0. The first kappa shape index (κ1) is 8.60. The molecule has 0 saturated carbocycles. The standard InChI is InChI=1S/C5H6N4O2S/c1-2-3(8-9-12-2)4(10)7-5(6)11/h1H3,(H3,6,7,10,11). The van der Waals surface area contributed by atoms with Crippen LogP contribution < -0.4 is 11.1 Å². The molecule has 1 aromatic heterocycles. The lowest BCUT2D eigenvalue weighted by Crippen LogP contribution is -2.35. The van der Waals surface area contributed by atoms with Crippen LogP contribution in [0.15, 0.2) is 0 Å². The van der Waals surface area contributed by atoms with E-state index in [-0.39, 0.29) is 5.69 Å². The van der Waals surface area contributed by atoms with E-state index >= 15 is 0 Å². The lowest BCUT2D eigenvalue weighted by atomic mass is 10.4. The summed E-state index contributed by atoms with van der Waals surface area (Å²) < 4.78 is 3.53. The van der Waals surface area contributed by atoms with Gasteiger partial charge in [-0.3, -0.25) is 10.1 Å². The van der Waals surface area contributed by atoms with Crippen LogP contribution in [0, 0.1) is 6.92 Å². The first-order valence-electron chi connectivity index (χ1n) is 3.01. The summed E-state index contributed by atoms with van der Waals surface area (Å²) in [4.78, 5) is 21.9. The maximum absolute atomic E-state index is 11.0. The number of aryl methyl sites for hydroxylation is 1. The van der Waals surface area contributed by atoms with Crippen LogP contribution in [0.25, 0.3) is 0 Å². The van der Waals surface area contributed by atoms with Crippen LogP contribution in [0.5, 0.6) is 0 Å². The van der Waals surface area contributed by atoms with E-state index in [4.69, 9.17) is 5.73 Å². The Kier molecular flexibility index (Phi) is 2.34. The maximum Gasteiger partial charge on any atom is 0.319 e. The Morgan fingerprint density at radius 3 is 2.67 bits per heavy atom. The molecule has 1 heterocycles. The fourth-order valence-corrected chi connectivity index (χ4v) is 1.08. The molecule has 0 radical (unpaired) electrons. The van der Waals surface area contributed by atoms with Crippen LogP contribution in [0.4, 0.5) is 4.79 Å². The van der Waals surface area contributed by atoms with Crippen molar-refractivity contribution >= 4 is 23.5 Å². The number of carbonyl (C=O) groups excluding carboxylic acids is 2. The Morgan fingerprint density at radius 2 is 2.25 bits per heavy atom. The maximum atomic E-state index is 11.0. The van der Waals surface area contributed by atoms with Gasteiger partial charge in [-0.05, 0) is 18.5 Å². The first-order chi connectivity index (χ1) is 5.61. The molecule has 1 aromatic rings. The molecule has 7 heteroatoms. The van der Waals surface area contributed by atoms with Gasteiger partial charge in [0.25, 0.3) is 5.91 Å². The van der Waals surface area contributed by atoms with Crippen molar-refractivity contribution in [1.29, 1.82) is 0 Å². The Hall–Kier alpha value is -1.50. The van der Waals surface area contributed by atoms with Crippen molar-refractivity contribution in [2.75, 3.05) is 0 Å². The zero-order valence-corrected chi connectivity index (χ0v) is 7.01. The van der Waals surface area contributed by atoms with E-state index in [0.717, 1.165) is 11.5 Å². The topological polar surface area (TPSA) is 98.0 Å². The van der Waals surface area contributed by atoms with Gasteiger partial charge in [0.2, 0.25) is 0 Å². The Balaban J connectivity index is 2.78. The van der Waals surface area contributed by atoms with E-state index in [2.05, 4.69) is 9.59 Å². The lowest BCUT2D eigenvalue weighted by Gasteiger charge is -1.95. The smallest absolute Gasteiger partial charge is 0.319 e. The van der Waals surface area contributed by atoms with Gasteiger partial charge in [-0.15, -0.1) is 5.10 Å². The summed E-state index contributed by atoms with van der Waals surface area (Å²) in [6.07, 6.45) is 0. The molecule has 12 heavy (non-hydrogen) atoms. The molecule has 1 rings (SSSR count). The van der Waals surface area contributed by atoms with E-state index in [9.17, 15) is 9.59 Å². The molecule has 0 aromatic carbocycles. The molecule has 0 atom stereocenters. The number of nitrogens with one attached hydrogen (secondary N) is 1. The summed E-state index contributed by atoms with van der Waals surface area (Å²) in [5.74, 6) is -0.617. The highest BCUT2D eigenvalue weighted by molar-refractivity contribution is 7.05. The number of amides is 3. The third-order valence-corrected chi connectivity index (χ3v) is 1.73. The van der Waals surface area contributed by atoms with Crippen LogP contribution in [-0.4, -0.2) is 21.5 Å². The summed E-state index contributed by atoms with van der Waals surface area (Å²) >= 11 is 1.09. The quantitative estimate of drug-likeness (QED) is 0.626. The van der Waals surface area contributed by atoms with Gasteiger partial charge in [0.1, 0.15) is 0 Å². The van der Waals surface area contributed by atoms with E-state index in [1.807, 2.05) is 5.32 Å². The van der Waals surface area contributed by atoms with Crippen LogP contribution in [-0.2, 0) is 0 Å². The second-order valence-corrected chi connectivity index (χ2v) is 2.95. The summed E-state index contributed by atoms with van der Waals surface area (Å²) in [5.41, 5.74) is 4.87. The highest BCUT2D eigenvalue weighted by Gasteiger charge is 2.14. The predicted molar refractivity (Wildman–Crippen MR) is 41.7 cm³/mol. The highest BCUT2D eigenvalue weighted by atomic mass is 32.1. The molecule has 0 aliphatic heterocycles. The minimum atomic E-state index is -0.896. The minimum Gasteiger partial charge on any atom is -0.351 e. The van der Waals surface area contributed by atoms with Gasteiger partial charge in [-0.25, -0.2) is 4.79 Å². The van der Waals surface area contributed by atoms with Crippen LogP contribution in [0.2, 0.25) is 0 Å². The lowest BCUT2D eigenvalue weighted by molar-refractivity contribution is 0.0961. The molecule has 64 valence electrons. The Labute approximate surface area is 71.9 Å². The Bertz CT molecular complexity index is 321. The number of aromatic nitrogens is 2. The molecule has 0 bridgehead atoms. The molecule has 0 saturated heterocycles. The molecule has 6 nitrogen and oxygen atoms in total. The number of nitrogens with two attached hydrogens (primary N) is 1. The van der Waals surface area contributed by atoms with Gasteiger partial charge >= 0.3 is 6.03 Å². The molecular formula is C5H6N4O2S. The summed E-state index contributed by atoms with van der Waals surface area (Å²) in [5, 5.41) is 5.41. The second-order valence-electron chi connectivity index (χ2n) is 2.00. The number of primary amides is 1. The van der Waals surface area contributed by atoms with E-state index in [0.29, 0.717) is 4.88 Å². The third-order valence-electron chi connectivity index (χ3n) is 1.10. The van der Waals surface area contributed by atoms with Crippen LogP contribution >= 0.6 is 11.5 Å². The fraction of sp³-hybridized carbons (Fsp3) is 0.200. The number of nitrogens with zero attached hydrogens (tertiary/aromatic N) is 2.